The van der Waals surface area contributed by atoms with Crippen LogP contribution < -0.4 is 11.1 Å². The third-order valence-electron chi connectivity index (χ3n) is 3.48. The Balaban J connectivity index is 2.02. The molecule has 106 valence electrons. The minimum absolute atomic E-state index is 0.170. The number of nitrogen functional groups attached to an aromatic ring is 1. The van der Waals surface area contributed by atoms with Crippen LogP contribution in [-0.4, -0.2) is 18.2 Å². The molecule has 4 nitrogen and oxygen atoms in total. The molecule has 0 atom stereocenters. The molecule has 2 aromatic rings. The van der Waals surface area contributed by atoms with Gasteiger partial charge >= 0.3 is 0 Å². The number of benzene rings is 2. The summed E-state index contributed by atoms with van der Waals surface area (Å²) in [7, 11) is 0. The summed E-state index contributed by atoms with van der Waals surface area (Å²) in [6.45, 7) is 0.597. The Morgan fingerprint density at radius 2 is 1.95 bits per heavy atom. The second kappa shape index (κ2) is 5.01. The minimum Gasteiger partial charge on any atom is -0.399 e. The second-order valence-corrected chi connectivity index (χ2v) is 4.98. The van der Waals surface area contributed by atoms with Crippen LogP contribution in [0.4, 0.5) is 10.1 Å². The summed E-state index contributed by atoms with van der Waals surface area (Å²) in [5.74, 6) is -1.11. The predicted molar refractivity (Wildman–Crippen MR) is 76.7 cm³/mol. The van der Waals surface area contributed by atoms with Gasteiger partial charge in [-0.2, -0.15) is 0 Å². The third-order valence-corrected chi connectivity index (χ3v) is 3.48. The number of ketones is 1. The number of halogens is 1. The molecule has 5 heteroatoms. The standard InChI is InChI=1S/C16H13FN2O2/c17-12-5-11(6-13(18)8-12)15(20)10-2-1-9-3-4-19-16(21)14(9)7-10/h1-2,5-8H,3-4,18H2,(H,19,21). The maximum Gasteiger partial charge on any atom is 0.251 e. The van der Waals surface area contributed by atoms with Crippen LogP contribution in [0.2, 0.25) is 0 Å². The number of anilines is 1. The molecule has 0 saturated heterocycles. The molecule has 21 heavy (non-hydrogen) atoms. The maximum atomic E-state index is 13.3. The van der Waals surface area contributed by atoms with E-state index in [1.54, 1.807) is 18.2 Å². The summed E-state index contributed by atoms with van der Waals surface area (Å²) in [6, 6.07) is 8.68. The van der Waals surface area contributed by atoms with Gasteiger partial charge in [0.2, 0.25) is 0 Å². The van der Waals surface area contributed by atoms with Crippen molar-refractivity contribution >= 4 is 17.4 Å². The van der Waals surface area contributed by atoms with E-state index in [-0.39, 0.29) is 22.9 Å². The molecule has 1 aliphatic heterocycles. The number of hydrogen-bond acceptors (Lipinski definition) is 3. The Morgan fingerprint density at radius 1 is 1.14 bits per heavy atom. The van der Waals surface area contributed by atoms with Gasteiger partial charge in [-0.25, -0.2) is 4.39 Å². The Kier molecular flexibility index (Phi) is 3.17. The molecule has 0 unspecified atom stereocenters. The molecule has 1 amide bonds. The van der Waals surface area contributed by atoms with E-state index in [9.17, 15) is 14.0 Å². The summed E-state index contributed by atoms with van der Waals surface area (Å²) < 4.78 is 13.3. The fourth-order valence-electron chi connectivity index (χ4n) is 2.46. The predicted octanol–water partition coefficient (Wildman–Crippen LogP) is 1.92. The Labute approximate surface area is 120 Å². The number of hydrogen-bond donors (Lipinski definition) is 2. The van der Waals surface area contributed by atoms with Crippen LogP contribution in [-0.2, 0) is 6.42 Å². The average Bonchev–Trinajstić information content (AvgIpc) is 2.45. The zero-order valence-electron chi connectivity index (χ0n) is 11.2. The summed E-state index contributed by atoms with van der Waals surface area (Å²) in [6.07, 6.45) is 0.739. The van der Waals surface area contributed by atoms with Gasteiger partial charge in [-0.15, -0.1) is 0 Å². The second-order valence-electron chi connectivity index (χ2n) is 4.98. The molecular formula is C16H13FN2O2. The highest BCUT2D eigenvalue weighted by Gasteiger charge is 2.19. The van der Waals surface area contributed by atoms with Gasteiger partial charge in [0, 0.05) is 28.9 Å². The first-order valence-corrected chi connectivity index (χ1v) is 6.56. The van der Waals surface area contributed by atoms with E-state index in [2.05, 4.69) is 5.32 Å². The van der Waals surface area contributed by atoms with Crippen molar-refractivity contribution in [1.82, 2.24) is 5.32 Å². The van der Waals surface area contributed by atoms with Crippen molar-refractivity contribution in [2.45, 2.75) is 6.42 Å². The van der Waals surface area contributed by atoms with Crippen LogP contribution in [0.15, 0.2) is 36.4 Å². The largest absolute Gasteiger partial charge is 0.399 e. The van der Waals surface area contributed by atoms with E-state index in [1.807, 2.05) is 0 Å². The fraction of sp³-hybridized carbons (Fsp3) is 0.125. The molecule has 0 aromatic heterocycles. The molecule has 3 rings (SSSR count). The van der Waals surface area contributed by atoms with Crippen molar-refractivity contribution in [3.8, 4) is 0 Å². The molecule has 0 bridgehead atoms. The highest BCUT2D eigenvalue weighted by atomic mass is 19.1. The van der Waals surface area contributed by atoms with Crippen molar-refractivity contribution < 1.29 is 14.0 Å². The van der Waals surface area contributed by atoms with E-state index in [4.69, 9.17) is 5.73 Å². The number of carbonyl (C=O) groups is 2. The number of carbonyl (C=O) groups excluding carboxylic acids is 2. The van der Waals surface area contributed by atoms with Crippen molar-refractivity contribution in [3.05, 3.63) is 64.5 Å². The van der Waals surface area contributed by atoms with Crippen LogP contribution in [0.3, 0.4) is 0 Å². The van der Waals surface area contributed by atoms with Gasteiger partial charge in [-0.1, -0.05) is 12.1 Å². The van der Waals surface area contributed by atoms with E-state index in [0.717, 1.165) is 24.1 Å². The number of nitrogens with two attached hydrogens (primary N) is 1. The monoisotopic (exact) mass is 284 g/mol. The van der Waals surface area contributed by atoms with Crippen molar-refractivity contribution in [2.75, 3.05) is 12.3 Å². The van der Waals surface area contributed by atoms with Gasteiger partial charge < -0.3 is 11.1 Å². The van der Waals surface area contributed by atoms with E-state index in [0.29, 0.717) is 17.7 Å². The SMILES string of the molecule is Nc1cc(F)cc(C(=O)c2ccc3c(c2)C(=O)NCC3)c1. The van der Waals surface area contributed by atoms with Crippen LogP contribution in [0.1, 0.15) is 31.8 Å². The molecule has 0 radical (unpaired) electrons. The Bertz CT molecular complexity index is 736. The zero-order chi connectivity index (χ0) is 15.0. The van der Waals surface area contributed by atoms with E-state index < -0.39 is 5.82 Å². The summed E-state index contributed by atoms with van der Waals surface area (Å²) in [5.41, 5.74) is 7.66. The van der Waals surface area contributed by atoms with Gasteiger partial charge in [0.25, 0.3) is 5.91 Å². The molecule has 1 aliphatic rings. The van der Waals surface area contributed by atoms with Crippen LogP contribution in [0, 0.1) is 5.82 Å². The number of fused-ring (bicyclic) bond motifs is 1. The number of rotatable bonds is 2. The number of amides is 1. The first-order chi connectivity index (χ1) is 10.0. The zero-order valence-corrected chi connectivity index (χ0v) is 11.2. The molecular weight excluding hydrogens is 271 g/mol. The molecule has 0 saturated carbocycles. The minimum atomic E-state index is -0.561. The van der Waals surface area contributed by atoms with E-state index >= 15 is 0 Å². The maximum absolute atomic E-state index is 13.3. The lowest BCUT2D eigenvalue weighted by Gasteiger charge is -2.17. The average molecular weight is 284 g/mol. The van der Waals surface area contributed by atoms with Crippen LogP contribution >= 0.6 is 0 Å². The van der Waals surface area contributed by atoms with Crippen LogP contribution in [0.5, 0.6) is 0 Å². The number of nitrogens with one attached hydrogen (secondary N) is 1. The summed E-state index contributed by atoms with van der Waals surface area (Å²) >= 11 is 0. The van der Waals surface area contributed by atoms with Crippen molar-refractivity contribution in [2.24, 2.45) is 0 Å². The lowest BCUT2D eigenvalue weighted by Crippen LogP contribution is -2.32. The van der Waals surface area contributed by atoms with Gasteiger partial charge in [0.15, 0.2) is 5.78 Å². The van der Waals surface area contributed by atoms with Crippen LogP contribution in [0.25, 0.3) is 0 Å². The molecule has 2 aromatic carbocycles. The summed E-state index contributed by atoms with van der Waals surface area (Å²) in [4.78, 5) is 24.2. The van der Waals surface area contributed by atoms with Crippen molar-refractivity contribution in [3.63, 3.8) is 0 Å². The van der Waals surface area contributed by atoms with Gasteiger partial charge in [-0.05, 0) is 36.2 Å². The molecule has 0 fully saturated rings. The first-order valence-electron chi connectivity index (χ1n) is 6.56. The van der Waals surface area contributed by atoms with Gasteiger partial charge in [0.1, 0.15) is 5.82 Å². The fourth-order valence-corrected chi connectivity index (χ4v) is 2.46. The first kappa shape index (κ1) is 13.3. The summed E-state index contributed by atoms with van der Waals surface area (Å²) in [5, 5.41) is 2.73. The highest BCUT2D eigenvalue weighted by Crippen LogP contribution is 2.20. The topological polar surface area (TPSA) is 72.2 Å². The highest BCUT2D eigenvalue weighted by molar-refractivity contribution is 6.11. The smallest absolute Gasteiger partial charge is 0.251 e. The van der Waals surface area contributed by atoms with Gasteiger partial charge in [-0.3, -0.25) is 9.59 Å². The normalized spacial score (nSPS) is 13.5. The third kappa shape index (κ3) is 2.50. The molecule has 0 aliphatic carbocycles. The lowest BCUT2D eigenvalue weighted by molar-refractivity contribution is 0.0946. The molecule has 1 heterocycles. The molecule has 0 spiro atoms. The quantitative estimate of drug-likeness (QED) is 0.653. The van der Waals surface area contributed by atoms with Crippen molar-refractivity contribution in [1.29, 1.82) is 0 Å². The lowest BCUT2D eigenvalue weighted by atomic mass is 9.94. The Hall–Kier alpha value is -2.69. The van der Waals surface area contributed by atoms with E-state index in [1.165, 1.54) is 6.07 Å². The van der Waals surface area contributed by atoms with Gasteiger partial charge in [0.05, 0.1) is 0 Å². The molecule has 3 N–H and O–H groups in total. The Morgan fingerprint density at radius 3 is 2.71 bits per heavy atom.